The molecule has 0 aliphatic rings. The predicted octanol–water partition coefficient (Wildman–Crippen LogP) is 3.40. The molecule has 3 nitrogen and oxygen atoms in total. The maximum atomic E-state index is 12.7. The summed E-state index contributed by atoms with van der Waals surface area (Å²) in [6.45, 7) is 2.07. The van der Waals surface area contributed by atoms with Crippen LogP contribution in [0.4, 0.5) is 0 Å². The molecular formula is C18H17O3Y-. The molecule has 0 spiro atoms. The number of carbonyl (C=O) groups is 2. The molecule has 0 aliphatic carbocycles. The first kappa shape index (κ1) is 18.7. The Morgan fingerprint density at radius 1 is 1.09 bits per heavy atom. The minimum absolute atomic E-state index is 0. The van der Waals surface area contributed by atoms with Crippen molar-refractivity contribution in [1.82, 2.24) is 0 Å². The SMILES string of the molecule is CCOC(=O)CC(C(=O)c1ccccc1)c1cc[c-]cc1.[Y]. The summed E-state index contributed by atoms with van der Waals surface area (Å²) in [4.78, 5) is 24.4. The molecule has 0 amide bonds. The van der Waals surface area contributed by atoms with Crippen LogP contribution in [0.3, 0.4) is 0 Å². The monoisotopic (exact) mass is 370 g/mol. The molecule has 0 aromatic heterocycles. The van der Waals surface area contributed by atoms with E-state index in [1.165, 1.54) is 0 Å². The Morgan fingerprint density at radius 3 is 2.32 bits per heavy atom. The number of hydrogen-bond acceptors (Lipinski definition) is 3. The Hall–Kier alpha value is -1.32. The number of carbonyl (C=O) groups excluding carboxylic acids is 2. The first-order valence-electron chi connectivity index (χ1n) is 6.93. The summed E-state index contributed by atoms with van der Waals surface area (Å²) in [7, 11) is 0. The maximum absolute atomic E-state index is 12.7. The first-order chi connectivity index (χ1) is 10.2. The van der Waals surface area contributed by atoms with E-state index in [4.69, 9.17) is 4.74 Å². The van der Waals surface area contributed by atoms with Gasteiger partial charge in [-0.1, -0.05) is 30.3 Å². The molecular weight excluding hydrogens is 353 g/mol. The van der Waals surface area contributed by atoms with Crippen LogP contribution in [-0.2, 0) is 42.2 Å². The van der Waals surface area contributed by atoms with Crippen LogP contribution in [-0.4, -0.2) is 18.4 Å². The second-order valence-corrected chi connectivity index (χ2v) is 4.63. The number of hydrogen-bond donors (Lipinski definition) is 0. The van der Waals surface area contributed by atoms with E-state index in [0.717, 1.165) is 5.56 Å². The van der Waals surface area contributed by atoms with Crippen LogP contribution in [0.2, 0.25) is 0 Å². The zero-order valence-corrected chi connectivity index (χ0v) is 15.3. The van der Waals surface area contributed by atoms with Gasteiger partial charge in [0, 0.05) is 44.2 Å². The van der Waals surface area contributed by atoms with E-state index in [-0.39, 0.29) is 50.9 Å². The Balaban J connectivity index is 0.00000242. The summed E-state index contributed by atoms with van der Waals surface area (Å²) in [5, 5.41) is 0. The largest absolute Gasteiger partial charge is 0.466 e. The molecule has 1 atom stereocenters. The molecule has 1 unspecified atom stereocenters. The van der Waals surface area contributed by atoms with Crippen molar-refractivity contribution in [2.24, 2.45) is 0 Å². The van der Waals surface area contributed by atoms with Crippen LogP contribution in [0.15, 0.2) is 54.6 Å². The average molecular weight is 370 g/mol. The molecule has 0 saturated heterocycles. The van der Waals surface area contributed by atoms with Crippen molar-refractivity contribution in [2.75, 3.05) is 6.61 Å². The van der Waals surface area contributed by atoms with Crippen molar-refractivity contribution in [1.29, 1.82) is 0 Å². The van der Waals surface area contributed by atoms with Crippen molar-refractivity contribution in [3.8, 4) is 0 Å². The molecule has 2 aromatic carbocycles. The number of ketones is 1. The first-order valence-corrected chi connectivity index (χ1v) is 6.93. The topological polar surface area (TPSA) is 43.4 Å². The number of Topliss-reactive ketones (excluding diaryl/α,β-unsaturated/α-hetero) is 1. The molecule has 22 heavy (non-hydrogen) atoms. The second-order valence-electron chi connectivity index (χ2n) is 4.63. The van der Waals surface area contributed by atoms with Gasteiger partial charge in [0.1, 0.15) is 0 Å². The minimum atomic E-state index is -0.527. The number of esters is 1. The standard InChI is InChI=1S/C18H17O3.Y/c1-2-21-17(19)13-16(14-9-5-3-6-10-14)18(20)15-11-7-4-8-12-15;/h4-12,16H,2,13H2,1H3;/q-1;. The van der Waals surface area contributed by atoms with Crippen LogP contribution >= 0.6 is 0 Å². The Labute approximate surface area is 155 Å². The number of rotatable bonds is 6. The molecule has 0 N–H and O–H groups in total. The molecule has 2 rings (SSSR count). The van der Waals surface area contributed by atoms with Crippen molar-refractivity contribution < 1.29 is 47.0 Å². The van der Waals surface area contributed by atoms with Crippen molar-refractivity contribution in [3.05, 3.63) is 71.8 Å². The van der Waals surface area contributed by atoms with E-state index in [2.05, 4.69) is 6.07 Å². The van der Waals surface area contributed by atoms with Gasteiger partial charge in [-0.2, -0.15) is 30.3 Å². The number of ether oxygens (including phenoxy) is 1. The second kappa shape index (κ2) is 9.65. The van der Waals surface area contributed by atoms with E-state index < -0.39 is 5.92 Å². The summed E-state index contributed by atoms with van der Waals surface area (Å²) in [5.74, 6) is -0.962. The molecule has 4 heteroatoms. The summed E-state index contributed by atoms with van der Waals surface area (Å²) in [5.41, 5.74) is 1.40. The summed E-state index contributed by atoms with van der Waals surface area (Å²) in [6.07, 6.45) is 0.0472. The van der Waals surface area contributed by atoms with Crippen LogP contribution in [0, 0.1) is 6.07 Å². The van der Waals surface area contributed by atoms with E-state index in [1.807, 2.05) is 30.3 Å². The van der Waals surface area contributed by atoms with Gasteiger partial charge < -0.3 is 4.74 Å². The third-order valence-electron chi connectivity index (χ3n) is 3.20. The van der Waals surface area contributed by atoms with Gasteiger partial charge in [0.25, 0.3) is 0 Å². The van der Waals surface area contributed by atoms with Gasteiger partial charge >= 0.3 is 5.97 Å². The van der Waals surface area contributed by atoms with E-state index >= 15 is 0 Å². The summed E-state index contributed by atoms with van der Waals surface area (Å²) < 4.78 is 4.98. The molecule has 1 radical (unpaired) electrons. The number of benzene rings is 2. The van der Waals surface area contributed by atoms with E-state index in [0.29, 0.717) is 12.2 Å². The van der Waals surface area contributed by atoms with Crippen LogP contribution in [0.5, 0.6) is 0 Å². The normalized spacial score (nSPS) is 11.1. The van der Waals surface area contributed by atoms with Gasteiger partial charge in [-0.3, -0.25) is 9.59 Å². The van der Waals surface area contributed by atoms with Crippen molar-refractivity contribution in [3.63, 3.8) is 0 Å². The van der Waals surface area contributed by atoms with Gasteiger partial charge in [-0.25, -0.2) is 0 Å². The van der Waals surface area contributed by atoms with E-state index in [9.17, 15) is 9.59 Å². The van der Waals surface area contributed by atoms with Gasteiger partial charge in [0.05, 0.1) is 13.0 Å². The maximum Gasteiger partial charge on any atom is 0.306 e. The Kier molecular flexibility index (Phi) is 8.22. The van der Waals surface area contributed by atoms with Crippen molar-refractivity contribution >= 4 is 11.8 Å². The molecule has 0 fully saturated rings. The molecule has 0 bridgehead atoms. The zero-order valence-electron chi connectivity index (χ0n) is 12.5. The Morgan fingerprint density at radius 2 is 1.73 bits per heavy atom. The van der Waals surface area contributed by atoms with Crippen LogP contribution in [0.1, 0.15) is 35.2 Å². The van der Waals surface area contributed by atoms with Gasteiger partial charge in [-0.15, -0.1) is 5.56 Å². The molecule has 2 aromatic rings. The predicted molar refractivity (Wildman–Crippen MR) is 80.0 cm³/mol. The van der Waals surface area contributed by atoms with Crippen LogP contribution in [0.25, 0.3) is 0 Å². The molecule has 0 aliphatic heterocycles. The third kappa shape index (κ3) is 5.15. The van der Waals surface area contributed by atoms with Gasteiger partial charge in [-0.05, 0) is 6.92 Å². The third-order valence-corrected chi connectivity index (χ3v) is 3.20. The Bertz CT molecular complexity index is 596. The van der Waals surface area contributed by atoms with Gasteiger partial charge in [0.2, 0.25) is 0 Å². The fourth-order valence-electron chi connectivity index (χ4n) is 2.18. The van der Waals surface area contributed by atoms with Crippen molar-refractivity contribution in [2.45, 2.75) is 19.3 Å². The summed E-state index contributed by atoms with van der Waals surface area (Å²) >= 11 is 0. The quantitative estimate of drug-likeness (QED) is 0.445. The molecule has 0 heterocycles. The van der Waals surface area contributed by atoms with E-state index in [1.54, 1.807) is 31.2 Å². The minimum Gasteiger partial charge on any atom is -0.466 e. The molecule has 0 saturated carbocycles. The fourth-order valence-corrected chi connectivity index (χ4v) is 2.18. The molecule has 111 valence electrons. The fraction of sp³-hybridized carbons (Fsp3) is 0.222. The zero-order chi connectivity index (χ0) is 15.1. The average Bonchev–Trinajstić information content (AvgIpc) is 2.54. The smallest absolute Gasteiger partial charge is 0.306 e. The summed E-state index contributed by atoms with van der Waals surface area (Å²) in [6, 6.07) is 19.0. The van der Waals surface area contributed by atoms with Crippen LogP contribution < -0.4 is 0 Å². The van der Waals surface area contributed by atoms with Gasteiger partial charge in [0.15, 0.2) is 5.78 Å².